The number of thioether (sulfide) groups is 1. The van der Waals surface area contributed by atoms with Crippen molar-refractivity contribution in [3.63, 3.8) is 0 Å². The highest BCUT2D eigenvalue weighted by molar-refractivity contribution is 7.99. The Bertz CT molecular complexity index is 471. The van der Waals surface area contributed by atoms with Crippen molar-refractivity contribution < 1.29 is 4.79 Å². The molecule has 0 radical (unpaired) electrons. The number of hydrogen-bond acceptors (Lipinski definition) is 4. The molecule has 0 spiro atoms. The molecule has 0 aromatic heterocycles. The molecule has 1 amide bonds. The first-order valence-electron chi connectivity index (χ1n) is 7.61. The first kappa shape index (κ1) is 16.2. The Hall–Kier alpha value is -1.20. The van der Waals surface area contributed by atoms with E-state index in [1.54, 1.807) is 0 Å². The molecule has 1 heterocycles. The molecular formula is C16H25N3OS. The highest BCUT2D eigenvalue weighted by Crippen LogP contribution is 2.18. The summed E-state index contributed by atoms with van der Waals surface area (Å²) >= 11 is 2.03. The zero-order valence-corrected chi connectivity index (χ0v) is 13.5. The van der Waals surface area contributed by atoms with Crippen LogP contribution in [0.15, 0.2) is 18.2 Å². The Kier molecular flexibility index (Phi) is 6.39. The van der Waals surface area contributed by atoms with Crippen LogP contribution in [0.1, 0.15) is 24.8 Å². The Balaban J connectivity index is 1.73. The molecule has 21 heavy (non-hydrogen) atoms. The lowest BCUT2D eigenvalue weighted by molar-refractivity contribution is -0.116. The number of aryl methyl sites for hydroxylation is 1. The van der Waals surface area contributed by atoms with Crippen molar-refractivity contribution in [1.82, 2.24) is 4.90 Å². The van der Waals surface area contributed by atoms with Crippen LogP contribution in [0.2, 0.25) is 0 Å². The molecule has 1 aliphatic rings. The monoisotopic (exact) mass is 307 g/mol. The van der Waals surface area contributed by atoms with Crippen LogP contribution in [0.25, 0.3) is 0 Å². The number of carbonyl (C=O) groups excluding carboxylic acids is 1. The fourth-order valence-corrected chi connectivity index (χ4v) is 3.40. The van der Waals surface area contributed by atoms with Gasteiger partial charge in [0.25, 0.3) is 0 Å². The highest BCUT2D eigenvalue weighted by atomic mass is 32.2. The van der Waals surface area contributed by atoms with Gasteiger partial charge in [-0.25, -0.2) is 0 Å². The van der Waals surface area contributed by atoms with Gasteiger partial charge in [-0.1, -0.05) is 6.07 Å². The van der Waals surface area contributed by atoms with Crippen LogP contribution in [0.4, 0.5) is 11.4 Å². The Morgan fingerprint density at radius 2 is 2.24 bits per heavy atom. The Morgan fingerprint density at radius 1 is 1.38 bits per heavy atom. The molecule has 0 atom stereocenters. The van der Waals surface area contributed by atoms with Crippen LogP contribution in [-0.2, 0) is 4.79 Å². The van der Waals surface area contributed by atoms with Gasteiger partial charge in [0.2, 0.25) is 5.91 Å². The van der Waals surface area contributed by atoms with Crippen molar-refractivity contribution >= 4 is 29.0 Å². The van der Waals surface area contributed by atoms with Gasteiger partial charge >= 0.3 is 0 Å². The summed E-state index contributed by atoms with van der Waals surface area (Å²) < 4.78 is 0. The minimum Gasteiger partial charge on any atom is -0.399 e. The minimum atomic E-state index is 0.0768. The minimum absolute atomic E-state index is 0.0768. The van der Waals surface area contributed by atoms with Crippen LogP contribution in [0.3, 0.4) is 0 Å². The lowest BCUT2D eigenvalue weighted by Crippen LogP contribution is -2.28. The van der Waals surface area contributed by atoms with Gasteiger partial charge in [-0.3, -0.25) is 4.79 Å². The van der Waals surface area contributed by atoms with E-state index < -0.39 is 0 Å². The third-order valence-corrected chi connectivity index (χ3v) is 4.78. The lowest BCUT2D eigenvalue weighted by Gasteiger charge is -2.19. The molecule has 1 fully saturated rings. The summed E-state index contributed by atoms with van der Waals surface area (Å²) in [5.74, 6) is 2.56. The summed E-state index contributed by atoms with van der Waals surface area (Å²) in [6, 6.07) is 5.60. The number of nitrogens with zero attached hydrogens (tertiary/aromatic N) is 1. The number of nitrogen functional groups attached to an aromatic ring is 1. The molecule has 3 N–H and O–H groups in total. The highest BCUT2D eigenvalue weighted by Gasteiger charge is 2.10. The van der Waals surface area contributed by atoms with Gasteiger partial charge in [-0.2, -0.15) is 11.8 Å². The number of carbonyl (C=O) groups is 1. The van der Waals surface area contributed by atoms with Crippen molar-refractivity contribution in [1.29, 1.82) is 0 Å². The van der Waals surface area contributed by atoms with Gasteiger partial charge in [-0.15, -0.1) is 0 Å². The van der Waals surface area contributed by atoms with Crippen molar-refractivity contribution in [2.45, 2.75) is 26.2 Å². The van der Waals surface area contributed by atoms with Gasteiger partial charge in [0.15, 0.2) is 0 Å². The number of nitrogens with one attached hydrogen (secondary N) is 1. The lowest BCUT2D eigenvalue weighted by atomic mass is 10.1. The number of amides is 1. The summed E-state index contributed by atoms with van der Waals surface area (Å²) in [7, 11) is 0. The van der Waals surface area contributed by atoms with Gasteiger partial charge in [-0.05, 0) is 56.3 Å². The molecule has 1 aromatic carbocycles. The zero-order valence-electron chi connectivity index (χ0n) is 12.7. The maximum absolute atomic E-state index is 12.0. The van der Waals surface area contributed by atoms with E-state index in [2.05, 4.69) is 10.2 Å². The fourth-order valence-electron chi connectivity index (χ4n) is 2.47. The molecule has 1 aliphatic heterocycles. The smallest absolute Gasteiger partial charge is 0.224 e. The fraction of sp³-hybridized carbons (Fsp3) is 0.562. The summed E-state index contributed by atoms with van der Waals surface area (Å²) in [4.78, 5) is 14.5. The third kappa shape index (κ3) is 5.59. The summed E-state index contributed by atoms with van der Waals surface area (Å²) in [5, 5.41) is 2.96. The molecule has 5 heteroatoms. The molecule has 0 bridgehead atoms. The molecule has 0 unspecified atom stereocenters. The molecule has 0 aliphatic carbocycles. The molecule has 2 rings (SSSR count). The van der Waals surface area contributed by atoms with E-state index in [0.717, 1.165) is 30.8 Å². The first-order chi connectivity index (χ1) is 10.1. The van der Waals surface area contributed by atoms with E-state index in [1.165, 1.54) is 24.5 Å². The number of rotatable bonds is 5. The molecular weight excluding hydrogens is 282 g/mol. The average Bonchev–Trinajstić information content (AvgIpc) is 2.72. The van der Waals surface area contributed by atoms with Crippen LogP contribution in [0, 0.1) is 6.92 Å². The van der Waals surface area contributed by atoms with Gasteiger partial charge in [0.1, 0.15) is 0 Å². The first-order valence-corrected chi connectivity index (χ1v) is 8.77. The van der Waals surface area contributed by atoms with Crippen LogP contribution in [-0.4, -0.2) is 41.9 Å². The van der Waals surface area contributed by atoms with E-state index in [1.807, 2.05) is 36.9 Å². The molecule has 116 valence electrons. The molecule has 1 aromatic rings. The van der Waals surface area contributed by atoms with Gasteiger partial charge in [0, 0.05) is 30.1 Å². The van der Waals surface area contributed by atoms with E-state index in [9.17, 15) is 4.79 Å². The third-order valence-electron chi connectivity index (χ3n) is 3.73. The average molecular weight is 307 g/mol. The molecule has 4 nitrogen and oxygen atoms in total. The number of hydrogen-bond donors (Lipinski definition) is 2. The second-order valence-corrected chi connectivity index (χ2v) is 6.76. The number of benzene rings is 1. The second kappa shape index (κ2) is 8.29. The second-order valence-electron chi connectivity index (χ2n) is 5.53. The van der Waals surface area contributed by atoms with Gasteiger partial charge in [0.05, 0.1) is 0 Å². The predicted molar refractivity (Wildman–Crippen MR) is 91.8 cm³/mol. The predicted octanol–water partition coefficient (Wildman–Crippen LogP) is 2.73. The summed E-state index contributed by atoms with van der Waals surface area (Å²) in [6.45, 7) is 5.32. The van der Waals surface area contributed by atoms with Crippen LogP contribution in [0.5, 0.6) is 0 Å². The Labute approximate surface area is 131 Å². The SMILES string of the molecule is Cc1ccc(N)cc1NC(=O)CCCN1CCCSCC1. The topological polar surface area (TPSA) is 58.4 Å². The maximum Gasteiger partial charge on any atom is 0.224 e. The van der Waals surface area contributed by atoms with E-state index in [-0.39, 0.29) is 5.91 Å². The van der Waals surface area contributed by atoms with Crippen LogP contribution < -0.4 is 11.1 Å². The largest absolute Gasteiger partial charge is 0.399 e. The van der Waals surface area contributed by atoms with E-state index in [0.29, 0.717) is 12.1 Å². The maximum atomic E-state index is 12.0. The van der Waals surface area contributed by atoms with E-state index in [4.69, 9.17) is 5.73 Å². The Morgan fingerprint density at radius 3 is 3.10 bits per heavy atom. The van der Waals surface area contributed by atoms with Crippen LogP contribution >= 0.6 is 11.8 Å². The number of anilines is 2. The molecule has 1 saturated heterocycles. The zero-order chi connectivity index (χ0) is 15.1. The van der Waals surface area contributed by atoms with Crippen molar-refractivity contribution in [2.75, 3.05) is 42.2 Å². The molecule has 0 saturated carbocycles. The normalized spacial score (nSPS) is 16.4. The summed E-state index contributed by atoms with van der Waals surface area (Å²) in [6.07, 6.45) is 2.75. The van der Waals surface area contributed by atoms with Crippen molar-refractivity contribution in [3.8, 4) is 0 Å². The van der Waals surface area contributed by atoms with Gasteiger partial charge < -0.3 is 16.0 Å². The van der Waals surface area contributed by atoms with Crippen molar-refractivity contribution in [2.24, 2.45) is 0 Å². The van der Waals surface area contributed by atoms with E-state index >= 15 is 0 Å². The van der Waals surface area contributed by atoms with Crippen molar-refractivity contribution in [3.05, 3.63) is 23.8 Å². The number of nitrogens with two attached hydrogens (primary N) is 1. The quantitative estimate of drug-likeness (QED) is 0.821. The standard InChI is InChI=1S/C16H25N3OS/c1-13-5-6-14(17)12-15(13)18-16(20)4-2-7-19-8-3-10-21-11-9-19/h5-6,12H,2-4,7-11,17H2,1H3,(H,18,20). The summed E-state index contributed by atoms with van der Waals surface area (Å²) in [5.41, 5.74) is 8.30.